The first-order chi connectivity index (χ1) is 20.3. The number of hydrogen-bond acceptors (Lipinski definition) is 11. The van der Waals surface area contributed by atoms with Gasteiger partial charge in [0.05, 0.1) is 42.8 Å². The Bertz CT molecular complexity index is 1560. The summed E-state index contributed by atoms with van der Waals surface area (Å²) >= 11 is 0. The van der Waals surface area contributed by atoms with Crippen molar-refractivity contribution in [2.24, 2.45) is 11.3 Å². The van der Waals surface area contributed by atoms with E-state index in [1.807, 2.05) is 0 Å². The first kappa shape index (κ1) is 30.7. The van der Waals surface area contributed by atoms with Crippen molar-refractivity contribution in [1.82, 2.24) is 0 Å². The van der Waals surface area contributed by atoms with E-state index in [1.165, 1.54) is 30.3 Å². The van der Waals surface area contributed by atoms with E-state index in [-0.39, 0.29) is 39.7 Å². The van der Waals surface area contributed by atoms with Crippen molar-refractivity contribution in [2.45, 2.75) is 62.8 Å². The first-order valence-electron chi connectivity index (χ1n) is 13.8. The lowest BCUT2D eigenvalue weighted by Gasteiger charge is -2.40. The molecular weight excluding hydrogens is 568 g/mol. The first-order valence-corrected chi connectivity index (χ1v) is 13.8. The molecular formula is C30H32O13. The number of hydrogen-bond donors (Lipinski definition) is 7. The van der Waals surface area contributed by atoms with Gasteiger partial charge in [-0.3, -0.25) is 19.2 Å². The topological polar surface area (TPSA) is 228 Å². The van der Waals surface area contributed by atoms with Crippen LogP contribution in [0, 0.1) is 11.3 Å². The average molecular weight is 601 g/mol. The minimum Gasteiger partial charge on any atom is -0.507 e. The lowest BCUT2D eigenvalue weighted by atomic mass is 9.78. The Hall–Kier alpha value is -3.72. The van der Waals surface area contributed by atoms with Gasteiger partial charge in [-0.25, -0.2) is 0 Å². The Balaban J connectivity index is 1.54. The summed E-state index contributed by atoms with van der Waals surface area (Å²) in [4.78, 5) is 52.0. The van der Waals surface area contributed by atoms with Crippen LogP contribution in [0.1, 0.15) is 42.4 Å². The van der Waals surface area contributed by atoms with Crippen molar-refractivity contribution in [3.63, 3.8) is 0 Å². The summed E-state index contributed by atoms with van der Waals surface area (Å²) < 4.78 is 10.9. The third-order valence-electron chi connectivity index (χ3n) is 8.88. The van der Waals surface area contributed by atoms with Crippen molar-refractivity contribution in [3.8, 4) is 5.75 Å². The summed E-state index contributed by atoms with van der Waals surface area (Å²) in [6.07, 6.45) is -6.37. The van der Waals surface area contributed by atoms with Gasteiger partial charge in [-0.2, -0.15) is 0 Å². The largest absolute Gasteiger partial charge is 0.507 e. The van der Waals surface area contributed by atoms with Crippen LogP contribution in [0.4, 0.5) is 0 Å². The summed E-state index contributed by atoms with van der Waals surface area (Å²) in [5.74, 6) is -5.99. The van der Waals surface area contributed by atoms with E-state index in [9.17, 15) is 54.9 Å². The van der Waals surface area contributed by atoms with Crippen molar-refractivity contribution in [1.29, 1.82) is 0 Å². The maximum atomic E-state index is 13.8. The number of carboxylic acids is 2. The molecule has 2 aliphatic carbocycles. The molecule has 0 aromatic heterocycles. The maximum Gasteiger partial charge on any atom is 0.321 e. The maximum absolute atomic E-state index is 13.8. The summed E-state index contributed by atoms with van der Waals surface area (Å²) in [6, 6.07) is 5.45. The van der Waals surface area contributed by atoms with E-state index in [0.29, 0.717) is 5.56 Å². The number of phenolic OH excluding ortho intramolecular Hbond substituents is 1. The molecule has 4 bridgehead atoms. The third kappa shape index (κ3) is 5.11. The number of carboxylic acid groups (broad SMARTS) is 2. The van der Waals surface area contributed by atoms with Gasteiger partial charge in [-0.15, -0.1) is 0 Å². The molecule has 2 aromatic rings. The molecule has 1 saturated carbocycles. The Morgan fingerprint density at radius 1 is 1.07 bits per heavy atom. The van der Waals surface area contributed by atoms with Gasteiger partial charge in [-0.1, -0.05) is 13.0 Å². The molecule has 7 N–H and O–H groups in total. The number of aliphatic carboxylic acids is 2. The number of phenols is 1. The number of rotatable bonds is 9. The number of fused-ring (bicyclic) bond motifs is 4. The van der Waals surface area contributed by atoms with Gasteiger partial charge in [0, 0.05) is 24.3 Å². The van der Waals surface area contributed by atoms with Gasteiger partial charge in [0.1, 0.15) is 11.9 Å². The molecule has 1 heterocycles. The average Bonchev–Trinajstić information content (AvgIpc) is 3.16. The van der Waals surface area contributed by atoms with Gasteiger partial charge in [0.25, 0.3) is 0 Å². The Morgan fingerprint density at radius 3 is 2.42 bits per heavy atom. The molecule has 13 nitrogen and oxygen atoms in total. The van der Waals surface area contributed by atoms with Crippen LogP contribution in [0.3, 0.4) is 0 Å². The zero-order chi connectivity index (χ0) is 31.4. The second-order valence-corrected chi connectivity index (χ2v) is 11.4. The molecule has 0 amide bonds. The highest BCUT2D eigenvalue weighted by atomic mass is 16.7. The van der Waals surface area contributed by atoms with E-state index in [1.54, 1.807) is 6.92 Å². The fourth-order valence-electron chi connectivity index (χ4n) is 6.27. The molecule has 1 aliphatic heterocycles. The predicted octanol–water partition coefficient (Wildman–Crippen LogP) is -0.100. The van der Waals surface area contributed by atoms with Gasteiger partial charge in [0.15, 0.2) is 22.9 Å². The number of carbonyl (C=O) groups is 3. The van der Waals surface area contributed by atoms with Crippen molar-refractivity contribution >= 4 is 34.6 Å². The minimum atomic E-state index is -2.62. The number of aromatic hydroxyl groups is 1. The third-order valence-corrected chi connectivity index (χ3v) is 8.88. The van der Waals surface area contributed by atoms with Gasteiger partial charge in [-0.05, 0) is 52.8 Å². The van der Waals surface area contributed by atoms with E-state index in [4.69, 9.17) is 9.47 Å². The SMILES string of the molecule is CC1C(CO)OC(OCCC(Cc2cc3cc4c(ccc(O)c4c2=O)C2C(=O)/C(=C\3)CC2O)(C(=O)O)C(=O)O)C(O)C1O. The van der Waals surface area contributed by atoms with Crippen LogP contribution in [0.25, 0.3) is 16.8 Å². The Kier molecular flexibility index (Phi) is 8.15. The molecule has 0 radical (unpaired) electrons. The van der Waals surface area contributed by atoms with Crippen LogP contribution in [-0.2, 0) is 30.3 Å². The number of ether oxygens (including phenoxy) is 2. The summed E-state index contributed by atoms with van der Waals surface area (Å²) in [5.41, 5.74) is -2.85. The number of aliphatic hydroxyl groups is 4. The molecule has 1 saturated heterocycles. The highest BCUT2D eigenvalue weighted by Gasteiger charge is 2.48. The number of carbonyl (C=O) groups excluding carboxylic acids is 1. The monoisotopic (exact) mass is 600 g/mol. The highest BCUT2D eigenvalue weighted by molar-refractivity contribution is 6.10. The Labute approximate surface area is 244 Å². The van der Waals surface area contributed by atoms with Crippen LogP contribution >= 0.6 is 0 Å². The van der Waals surface area contributed by atoms with Crippen molar-refractivity contribution in [2.75, 3.05) is 13.2 Å². The fraction of sp³-hybridized carbons (Fsp3) is 0.467. The molecule has 13 heteroatoms. The Morgan fingerprint density at radius 2 is 1.77 bits per heavy atom. The van der Waals surface area contributed by atoms with Crippen LogP contribution in [-0.4, -0.2) is 97.4 Å². The summed E-state index contributed by atoms with van der Waals surface area (Å²) in [6.45, 7) is 0.459. The van der Waals surface area contributed by atoms with Crippen LogP contribution in [0.15, 0.2) is 34.6 Å². The predicted molar refractivity (Wildman–Crippen MR) is 147 cm³/mol. The molecule has 7 atom stereocenters. The number of aliphatic hydroxyl groups excluding tert-OH is 4. The van der Waals surface area contributed by atoms with Gasteiger partial charge >= 0.3 is 11.9 Å². The lowest BCUT2D eigenvalue weighted by molar-refractivity contribution is -0.289. The molecule has 3 aliphatic rings. The summed E-state index contributed by atoms with van der Waals surface area (Å²) in [7, 11) is 0. The van der Waals surface area contributed by atoms with Gasteiger partial charge < -0.3 is 45.2 Å². The smallest absolute Gasteiger partial charge is 0.321 e. The van der Waals surface area contributed by atoms with E-state index >= 15 is 0 Å². The highest BCUT2D eigenvalue weighted by Crippen LogP contribution is 2.42. The van der Waals surface area contributed by atoms with Crippen LogP contribution in [0.5, 0.6) is 5.75 Å². The van der Waals surface area contributed by atoms with E-state index in [2.05, 4.69) is 0 Å². The number of benzene rings is 1. The van der Waals surface area contributed by atoms with E-state index < -0.39 is 97.1 Å². The van der Waals surface area contributed by atoms with Gasteiger partial charge in [0.2, 0.25) is 0 Å². The van der Waals surface area contributed by atoms with E-state index in [0.717, 1.165) is 0 Å². The zero-order valence-corrected chi connectivity index (χ0v) is 23.0. The zero-order valence-electron chi connectivity index (χ0n) is 23.0. The van der Waals surface area contributed by atoms with Crippen molar-refractivity contribution in [3.05, 3.63) is 56.8 Å². The van der Waals surface area contributed by atoms with Crippen LogP contribution in [0.2, 0.25) is 0 Å². The lowest BCUT2D eigenvalue weighted by Crippen LogP contribution is -2.55. The molecule has 0 spiro atoms. The summed E-state index contributed by atoms with van der Waals surface area (Å²) in [5, 5.41) is 71.7. The van der Waals surface area contributed by atoms with Crippen molar-refractivity contribution < 1.29 is 59.6 Å². The second kappa shape index (κ2) is 11.4. The molecule has 230 valence electrons. The number of ketones is 1. The fourth-order valence-corrected chi connectivity index (χ4v) is 6.27. The quantitative estimate of drug-likeness (QED) is 0.187. The van der Waals surface area contributed by atoms with Crippen LogP contribution < -0.4 is 5.43 Å². The second-order valence-electron chi connectivity index (χ2n) is 11.4. The molecule has 7 unspecified atom stereocenters. The molecule has 5 rings (SSSR count). The molecule has 2 fully saturated rings. The minimum absolute atomic E-state index is 0.0405. The molecule has 43 heavy (non-hydrogen) atoms. The number of Topliss-reactive ketones (excluding diaryl/α,β-unsaturated/α-hetero) is 1. The standard InChI is InChI=1S/C30H32O13/c1-12-20(11-31)43-27(26(37)23(12)34)42-5-4-30(28(38)39,29(40)41)10-15-7-13-6-14-9-19(33)21(24(14)35)16-2-3-18(32)22(25(15)36)17(16)8-13/h2-3,6-8,12,19-21,23,26-27,31-34,37H,4-5,9-11H2,1H3,(H,38,39)(H,40,41)/b14-6-. The molecule has 2 aromatic carbocycles. The normalized spacial score (nSPS) is 29.7.